The first-order valence-corrected chi connectivity index (χ1v) is 8.00. The minimum absolute atomic E-state index is 0.440. The number of aliphatic hydroxyl groups excluding tert-OH is 1. The first-order valence-electron chi connectivity index (χ1n) is 6.22. The van der Waals surface area contributed by atoms with Gasteiger partial charge in [0.1, 0.15) is 0 Å². The Bertz CT molecular complexity index is 566. The van der Waals surface area contributed by atoms with E-state index in [9.17, 15) is 5.11 Å². The van der Waals surface area contributed by atoms with Gasteiger partial charge in [-0.25, -0.2) is 0 Å². The van der Waals surface area contributed by atoms with Gasteiger partial charge in [0.05, 0.1) is 6.10 Å². The smallest absolute Gasteiger partial charge is 0.0772 e. The summed E-state index contributed by atoms with van der Waals surface area (Å²) < 4.78 is 0.970. The van der Waals surface area contributed by atoms with E-state index < -0.39 is 6.10 Å². The van der Waals surface area contributed by atoms with Gasteiger partial charge in [-0.3, -0.25) is 0 Å². The predicted molar refractivity (Wildman–Crippen MR) is 85.5 cm³/mol. The number of thioether (sulfide) groups is 1. The summed E-state index contributed by atoms with van der Waals surface area (Å²) in [6.45, 7) is 3.92. The topological polar surface area (TPSA) is 20.2 Å². The molecule has 0 saturated carbocycles. The van der Waals surface area contributed by atoms with Crippen molar-refractivity contribution >= 4 is 27.7 Å². The van der Waals surface area contributed by atoms with Crippen molar-refractivity contribution in [2.45, 2.75) is 30.6 Å². The zero-order chi connectivity index (χ0) is 13.8. The van der Waals surface area contributed by atoms with E-state index in [1.54, 1.807) is 6.92 Å². The van der Waals surface area contributed by atoms with E-state index >= 15 is 0 Å². The Morgan fingerprint density at radius 1 is 1.21 bits per heavy atom. The van der Waals surface area contributed by atoms with Crippen molar-refractivity contribution in [1.82, 2.24) is 0 Å². The predicted octanol–water partition coefficient (Wildman–Crippen LogP) is 5.10. The van der Waals surface area contributed by atoms with Crippen LogP contribution in [0.25, 0.3) is 0 Å². The van der Waals surface area contributed by atoms with Crippen molar-refractivity contribution in [3.63, 3.8) is 0 Å². The lowest BCUT2D eigenvalue weighted by molar-refractivity contribution is 0.198. The van der Waals surface area contributed by atoms with E-state index in [1.165, 1.54) is 16.0 Å². The van der Waals surface area contributed by atoms with Gasteiger partial charge in [-0.2, -0.15) is 0 Å². The monoisotopic (exact) mass is 336 g/mol. The molecule has 0 radical (unpaired) electrons. The molecule has 0 fully saturated rings. The van der Waals surface area contributed by atoms with Gasteiger partial charge in [0.25, 0.3) is 0 Å². The summed E-state index contributed by atoms with van der Waals surface area (Å²) in [6.07, 6.45) is -0.440. The number of halogens is 1. The van der Waals surface area contributed by atoms with Crippen molar-refractivity contribution in [2.24, 2.45) is 0 Å². The normalized spacial score (nSPS) is 12.4. The molecule has 3 heteroatoms. The van der Waals surface area contributed by atoms with Gasteiger partial charge in [-0.05, 0) is 42.7 Å². The highest BCUT2D eigenvalue weighted by molar-refractivity contribution is 9.10. The molecule has 2 aromatic rings. The molecule has 1 atom stereocenters. The van der Waals surface area contributed by atoms with Crippen LogP contribution in [0.15, 0.2) is 51.8 Å². The van der Waals surface area contributed by atoms with Crippen LogP contribution in [-0.2, 0) is 5.75 Å². The molecule has 0 heterocycles. The molecule has 0 aliphatic carbocycles. The van der Waals surface area contributed by atoms with Crippen LogP contribution in [0.2, 0.25) is 0 Å². The Labute approximate surface area is 127 Å². The van der Waals surface area contributed by atoms with E-state index in [-0.39, 0.29) is 0 Å². The molecule has 1 nitrogen and oxygen atoms in total. The van der Waals surface area contributed by atoms with Gasteiger partial charge in [0.15, 0.2) is 0 Å². The molecule has 0 aliphatic rings. The van der Waals surface area contributed by atoms with Crippen LogP contribution in [0.3, 0.4) is 0 Å². The van der Waals surface area contributed by atoms with Crippen LogP contribution in [0.1, 0.15) is 29.7 Å². The molecule has 2 aromatic carbocycles. The van der Waals surface area contributed by atoms with E-state index in [2.05, 4.69) is 59.3 Å². The van der Waals surface area contributed by atoms with Crippen molar-refractivity contribution in [1.29, 1.82) is 0 Å². The quantitative estimate of drug-likeness (QED) is 0.783. The van der Waals surface area contributed by atoms with E-state index in [0.29, 0.717) is 0 Å². The van der Waals surface area contributed by atoms with Crippen molar-refractivity contribution in [2.75, 3.05) is 0 Å². The summed E-state index contributed by atoms with van der Waals surface area (Å²) in [6, 6.07) is 14.6. The second kappa shape index (κ2) is 6.60. The highest BCUT2D eigenvalue weighted by Crippen LogP contribution is 2.30. The number of aryl methyl sites for hydroxylation is 1. The second-order valence-corrected chi connectivity index (χ2v) is 6.48. The molecular weight excluding hydrogens is 320 g/mol. The highest BCUT2D eigenvalue weighted by atomic mass is 79.9. The average Bonchev–Trinajstić information content (AvgIpc) is 2.37. The average molecular weight is 337 g/mol. The van der Waals surface area contributed by atoms with Crippen molar-refractivity contribution in [3.05, 3.63) is 63.6 Å². The Hall–Kier alpha value is -0.770. The van der Waals surface area contributed by atoms with Gasteiger partial charge in [0.2, 0.25) is 0 Å². The SMILES string of the molecule is Cc1ccccc1CSc1ccc([C@@H](C)O)c(Br)c1. The number of hydrogen-bond donors (Lipinski definition) is 1. The largest absolute Gasteiger partial charge is 0.389 e. The van der Waals surface area contributed by atoms with Gasteiger partial charge < -0.3 is 5.11 Å². The maximum atomic E-state index is 9.60. The van der Waals surface area contributed by atoms with Crippen LogP contribution in [-0.4, -0.2) is 5.11 Å². The maximum Gasteiger partial charge on any atom is 0.0772 e. The Kier molecular flexibility index (Phi) is 5.08. The standard InChI is InChI=1S/C16H17BrOS/c1-11-5-3-4-6-13(11)10-19-14-7-8-15(12(2)18)16(17)9-14/h3-9,12,18H,10H2,1-2H3/t12-/m1/s1. The molecular formula is C16H17BrOS. The molecule has 1 N–H and O–H groups in total. The Morgan fingerprint density at radius 3 is 2.58 bits per heavy atom. The first kappa shape index (κ1) is 14.6. The number of aliphatic hydroxyl groups is 1. The lowest BCUT2D eigenvalue weighted by Gasteiger charge is -2.10. The van der Waals surface area contributed by atoms with E-state index in [1.807, 2.05) is 17.8 Å². The Balaban J connectivity index is 2.08. The van der Waals surface area contributed by atoms with Crippen LogP contribution in [0, 0.1) is 6.92 Å². The summed E-state index contributed by atoms with van der Waals surface area (Å²) in [5.41, 5.74) is 3.62. The second-order valence-electron chi connectivity index (χ2n) is 4.57. The maximum absolute atomic E-state index is 9.60. The molecule has 0 saturated heterocycles. The summed E-state index contributed by atoms with van der Waals surface area (Å²) in [4.78, 5) is 1.21. The summed E-state index contributed by atoms with van der Waals surface area (Å²) in [7, 11) is 0. The van der Waals surface area contributed by atoms with Crippen molar-refractivity contribution < 1.29 is 5.11 Å². The fourth-order valence-corrected chi connectivity index (χ4v) is 3.74. The van der Waals surface area contributed by atoms with E-state index in [4.69, 9.17) is 0 Å². The molecule has 2 rings (SSSR count). The van der Waals surface area contributed by atoms with Gasteiger partial charge in [-0.15, -0.1) is 11.8 Å². The minimum Gasteiger partial charge on any atom is -0.389 e. The molecule has 100 valence electrons. The molecule has 0 spiro atoms. The van der Waals surface area contributed by atoms with Crippen LogP contribution >= 0.6 is 27.7 Å². The molecule has 19 heavy (non-hydrogen) atoms. The van der Waals surface area contributed by atoms with Gasteiger partial charge in [-0.1, -0.05) is 46.3 Å². The lowest BCUT2D eigenvalue weighted by Crippen LogP contribution is -1.92. The molecule has 0 unspecified atom stereocenters. The third-order valence-electron chi connectivity index (χ3n) is 3.08. The fraction of sp³-hybridized carbons (Fsp3) is 0.250. The van der Waals surface area contributed by atoms with Crippen LogP contribution in [0.5, 0.6) is 0 Å². The number of rotatable bonds is 4. The molecule has 0 amide bonds. The third-order valence-corrected chi connectivity index (χ3v) is 4.81. The zero-order valence-corrected chi connectivity index (χ0v) is 13.5. The highest BCUT2D eigenvalue weighted by Gasteiger charge is 2.07. The first-order chi connectivity index (χ1) is 9.08. The van der Waals surface area contributed by atoms with Gasteiger partial charge in [0, 0.05) is 15.1 Å². The third kappa shape index (κ3) is 3.85. The van der Waals surface area contributed by atoms with E-state index in [0.717, 1.165) is 15.8 Å². The number of benzene rings is 2. The molecule has 0 aromatic heterocycles. The Morgan fingerprint density at radius 2 is 1.95 bits per heavy atom. The van der Waals surface area contributed by atoms with Crippen LogP contribution in [0.4, 0.5) is 0 Å². The van der Waals surface area contributed by atoms with Crippen LogP contribution < -0.4 is 0 Å². The minimum atomic E-state index is -0.440. The lowest BCUT2D eigenvalue weighted by atomic mass is 10.1. The summed E-state index contributed by atoms with van der Waals surface area (Å²) >= 11 is 5.33. The zero-order valence-electron chi connectivity index (χ0n) is 11.1. The number of hydrogen-bond acceptors (Lipinski definition) is 2. The molecule has 0 bridgehead atoms. The van der Waals surface area contributed by atoms with Gasteiger partial charge >= 0.3 is 0 Å². The summed E-state index contributed by atoms with van der Waals surface area (Å²) in [5, 5.41) is 9.60. The fourth-order valence-electron chi connectivity index (χ4n) is 1.87. The van der Waals surface area contributed by atoms with Crippen molar-refractivity contribution in [3.8, 4) is 0 Å². The summed E-state index contributed by atoms with van der Waals surface area (Å²) in [5.74, 6) is 0.965. The molecule has 0 aliphatic heterocycles.